The largest absolute Gasteiger partial charge is 0.446 e. The number of ether oxygens (including phenoxy) is 2. The summed E-state index contributed by atoms with van der Waals surface area (Å²) in [6.07, 6.45) is -0.802. The molecule has 2 N–H and O–H groups in total. The molecule has 5 rings (SSSR count). The first-order valence-corrected chi connectivity index (χ1v) is 11.9. The van der Waals surface area contributed by atoms with Crippen molar-refractivity contribution in [3.63, 3.8) is 0 Å². The van der Waals surface area contributed by atoms with E-state index >= 15 is 0 Å². The Bertz CT molecular complexity index is 1200. The lowest BCUT2D eigenvalue weighted by Gasteiger charge is -2.27. The Morgan fingerprint density at radius 2 is 2.09 bits per heavy atom. The number of thiophene rings is 1. The van der Waals surface area contributed by atoms with Crippen molar-refractivity contribution in [3.05, 3.63) is 24.1 Å². The maximum Gasteiger partial charge on any atom is 0.446 e. The molecular formula is C20H18F4N4O4S2. The molecule has 0 radical (unpaired) electrons. The van der Waals surface area contributed by atoms with Crippen LogP contribution < -0.4 is 10.6 Å². The molecule has 1 aromatic carbocycles. The molecule has 34 heavy (non-hydrogen) atoms. The molecule has 3 atom stereocenters. The first kappa shape index (κ1) is 23.3. The Kier molecular flexibility index (Phi) is 6.39. The lowest BCUT2D eigenvalue weighted by molar-refractivity contribution is -0.131. The third-order valence-corrected chi connectivity index (χ3v) is 7.53. The van der Waals surface area contributed by atoms with E-state index in [9.17, 15) is 22.4 Å². The van der Waals surface area contributed by atoms with Gasteiger partial charge in [0.15, 0.2) is 0 Å². The lowest BCUT2D eigenvalue weighted by atomic mass is 10.1. The number of benzene rings is 1. The number of nitrogens with one attached hydrogen (secondary N) is 2. The molecule has 2 aliphatic heterocycles. The Morgan fingerprint density at radius 3 is 2.85 bits per heavy atom. The molecule has 0 saturated carbocycles. The second-order valence-corrected chi connectivity index (χ2v) is 9.81. The summed E-state index contributed by atoms with van der Waals surface area (Å²) in [7, 11) is 0. The number of thioether (sulfide) groups is 1. The molecular weight excluding hydrogens is 500 g/mol. The van der Waals surface area contributed by atoms with Gasteiger partial charge in [0.25, 0.3) is 5.89 Å². The van der Waals surface area contributed by atoms with E-state index in [2.05, 4.69) is 20.8 Å². The fraction of sp³-hybridized carbons (Fsp3) is 0.450. The molecule has 0 aliphatic carbocycles. The van der Waals surface area contributed by atoms with Gasteiger partial charge >= 0.3 is 5.51 Å². The van der Waals surface area contributed by atoms with Gasteiger partial charge in [0.05, 0.1) is 34.5 Å². The van der Waals surface area contributed by atoms with E-state index in [4.69, 9.17) is 14.0 Å². The first-order valence-electron chi connectivity index (χ1n) is 10.3. The number of aromatic nitrogens is 2. The van der Waals surface area contributed by atoms with Gasteiger partial charge in [-0.25, -0.2) is 4.39 Å². The second-order valence-electron chi connectivity index (χ2n) is 7.71. The zero-order valence-electron chi connectivity index (χ0n) is 17.4. The van der Waals surface area contributed by atoms with E-state index < -0.39 is 23.8 Å². The Labute approximate surface area is 198 Å². The molecule has 2 aliphatic rings. The quantitative estimate of drug-likeness (QED) is 0.381. The van der Waals surface area contributed by atoms with Crippen LogP contribution in [0, 0.1) is 0 Å². The van der Waals surface area contributed by atoms with Gasteiger partial charge < -0.3 is 24.6 Å². The summed E-state index contributed by atoms with van der Waals surface area (Å²) in [4.78, 5) is 15.9. The van der Waals surface area contributed by atoms with Crippen molar-refractivity contribution in [3.8, 4) is 10.7 Å². The number of carbonyl (C=O) groups is 1. The van der Waals surface area contributed by atoms with Crippen LogP contribution in [-0.4, -0.2) is 60.2 Å². The lowest BCUT2D eigenvalue weighted by Crippen LogP contribution is -2.39. The molecule has 14 heteroatoms. The third kappa shape index (κ3) is 4.85. The van der Waals surface area contributed by atoms with Crippen LogP contribution in [0.3, 0.4) is 0 Å². The minimum atomic E-state index is -4.56. The maximum atomic E-state index is 14.3. The number of alkyl halides is 4. The number of rotatable bonds is 5. The topological polar surface area (TPSA) is 98.5 Å². The van der Waals surface area contributed by atoms with Gasteiger partial charge in [-0.1, -0.05) is 17.3 Å². The van der Waals surface area contributed by atoms with Gasteiger partial charge in [0.2, 0.25) is 11.7 Å². The number of anilines is 1. The molecule has 1 amide bonds. The molecule has 0 unspecified atom stereocenters. The van der Waals surface area contributed by atoms with Crippen LogP contribution in [0.1, 0.15) is 18.4 Å². The maximum absolute atomic E-state index is 14.3. The number of hydrogen-bond acceptors (Lipinski definition) is 9. The fourth-order valence-corrected chi connectivity index (χ4v) is 5.90. The van der Waals surface area contributed by atoms with Crippen molar-refractivity contribution in [1.82, 2.24) is 15.5 Å². The van der Waals surface area contributed by atoms with Crippen molar-refractivity contribution in [2.24, 2.45) is 0 Å². The van der Waals surface area contributed by atoms with Crippen LogP contribution >= 0.6 is 23.1 Å². The van der Waals surface area contributed by atoms with E-state index in [0.29, 0.717) is 28.8 Å². The summed E-state index contributed by atoms with van der Waals surface area (Å²) in [6, 6.07) is 3.67. The molecule has 4 heterocycles. The summed E-state index contributed by atoms with van der Waals surface area (Å²) in [5, 5.41) is 9.98. The standard InChI is InChI=1S/C20H18F4N4O4S2/c21-10-6-30-5-4-11(10)25-12-3-1-2-9-15(12)33-17(16(9)34-20(22,23)24)18-27-19(32-28-18)13-7-31-8-14(29)26-13/h1-3,10-11,13,25H,4-8H2,(H,26,29)/t10-,11+,13+/m0/s1. The monoisotopic (exact) mass is 518 g/mol. The van der Waals surface area contributed by atoms with E-state index in [0.717, 1.165) is 11.3 Å². The first-order chi connectivity index (χ1) is 16.3. The Hall–Kier alpha value is -2.42. The number of amides is 1. The minimum absolute atomic E-state index is 0.0317. The van der Waals surface area contributed by atoms with Crippen molar-refractivity contribution in [2.45, 2.75) is 35.1 Å². The van der Waals surface area contributed by atoms with E-state index in [1.165, 1.54) is 0 Å². The minimum Gasteiger partial charge on any atom is -0.378 e. The highest BCUT2D eigenvalue weighted by Crippen LogP contribution is 2.50. The molecule has 3 aromatic rings. The zero-order chi connectivity index (χ0) is 23.9. The van der Waals surface area contributed by atoms with Crippen LogP contribution in [0.2, 0.25) is 0 Å². The number of nitrogens with zero attached hydrogens (tertiary/aromatic N) is 2. The highest BCUT2D eigenvalue weighted by atomic mass is 32.2. The number of hydrogen-bond donors (Lipinski definition) is 2. The summed E-state index contributed by atoms with van der Waals surface area (Å²) in [6.45, 7) is 0.369. The van der Waals surface area contributed by atoms with Crippen LogP contribution in [0.5, 0.6) is 0 Å². The molecule has 2 fully saturated rings. The number of morpholine rings is 1. The molecule has 2 aromatic heterocycles. The van der Waals surface area contributed by atoms with E-state index in [-0.39, 0.29) is 59.0 Å². The van der Waals surface area contributed by atoms with Crippen LogP contribution in [0.15, 0.2) is 27.6 Å². The van der Waals surface area contributed by atoms with Crippen LogP contribution in [0.25, 0.3) is 20.8 Å². The van der Waals surface area contributed by atoms with E-state index in [1.807, 2.05) is 0 Å². The summed E-state index contributed by atoms with van der Waals surface area (Å²) in [5.74, 6) is -0.367. The Morgan fingerprint density at radius 1 is 1.24 bits per heavy atom. The number of fused-ring (bicyclic) bond motifs is 1. The summed E-state index contributed by atoms with van der Waals surface area (Å²) in [5.41, 5.74) is -4.04. The van der Waals surface area contributed by atoms with Crippen molar-refractivity contribution < 1.29 is 36.4 Å². The van der Waals surface area contributed by atoms with Gasteiger partial charge in [0.1, 0.15) is 18.8 Å². The summed E-state index contributed by atoms with van der Waals surface area (Å²) >= 11 is 0.785. The van der Waals surface area contributed by atoms with Gasteiger partial charge in [-0.3, -0.25) is 4.79 Å². The van der Waals surface area contributed by atoms with Gasteiger partial charge in [-0.15, -0.1) is 11.3 Å². The smallest absolute Gasteiger partial charge is 0.378 e. The molecule has 182 valence electrons. The van der Waals surface area contributed by atoms with Gasteiger partial charge in [-0.2, -0.15) is 18.2 Å². The van der Waals surface area contributed by atoms with Crippen molar-refractivity contribution in [1.29, 1.82) is 0 Å². The molecule has 0 spiro atoms. The molecule has 0 bridgehead atoms. The average Bonchev–Trinajstić information content (AvgIpc) is 3.40. The average molecular weight is 519 g/mol. The highest BCUT2D eigenvalue weighted by Gasteiger charge is 2.35. The van der Waals surface area contributed by atoms with Gasteiger partial charge in [-0.05, 0) is 24.2 Å². The normalized spacial score (nSPS) is 23.8. The zero-order valence-corrected chi connectivity index (χ0v) is 19.0. The SMILES string of the molecule is O=C1COC[C@H](c2nc(-c3sc4c(N[C@@H]5CCOC[C@@H]5F)cccc4c3SC(F)(F)F)no2)N1. The number of carbonyl (C=O) groups excluding carboxylic acids is 1. The van der Waals surface area contributed by atoms with Crippen LogP contribution in [0.4, 0.5) is 23.2 Å². The van der Waals surface area contributed by atoms with Crippen molar-refractivity contribution in [2.75, 3.05) is 31.7 Å². The summed E-state index contributed by atoms with van der Waals surface area (Å²) < 4.78 is 70.7. The fourth-order valence-electron chi connectivity index (χ4n) is 3.79. The highest BCUT2D eigenvalue weighted by molar-refractivity contribution is 8.00. The Balaban J connectivity index is 1.54. The van der Waals surface area contributed by atoms with Crippen LogP contribution in [-0.2, 0) is 14.3 Å². The third-order valence-electron chi connectivity index (χ3n) is 5.31. The predicted molar refractivity (Wildman–Crippen MR) is 116 cm³/mol. The number of halogens is 4. The molecule has 2 saturated heterocycles. The molecule has 8 nitrogen and oxygen atoms in total. The van der Waals surface area contributed by atoms with Gasteiger partial charge in [0, 0.05) is 16.9 Å². The van der Waals surface area contributed by atoms with Crippen molar-refractivity contribution >= 4 is 44.8 Å². The predicted octanol–water partition coefficient (Wildman–Crippen LogP) is 4.29. The second kappa shape index (κ2) is 9.32. The van der Waals surface area contributed by atoms with E-state index in [1.54, 1.807) is 18.2 Å².